The molecule has 0 amide bonds. The van der Waals surface area contributed by atoms with Gasteiger partial charge in [0.15, 0.2) is 5.75 Å². The van der Waals surface area contributed by atoms with Gasteiger partial charge in [0.2, 0.25) is 0 Å². The molecule has 2 N–H and O–H groups in total. The number of fused-ring (bicyclic) bond motifs is 1. The maximum atomic E-state index is 15.1. The van der Waals surface area contributed by atoms with Crippen molar-refractivity contribution in [3.63, 3.8) is 0 Å². The summed E-state index contributed by atoms with van der Waals surface area (Å²) in [5.74, 6) is 5.51. The molecule has 0 radical (unpaired) electrons. The molecule has 2 saturated heterocycles. The van der Waals surface area contributed by atoms with Crippen molar-refractivity contribution in [2.24, 2.45) is 0 Å². The molecule has 2 unspecified atom stereocenters. The van der Waals surface area contributed by atoms with E-state index in [0.29, 0.717) is 60.7 Å². The summed E-state index contributed by atoms with van der Waals surface area (Å²) in [6.07, 6.45) is -6.15. The van der Waals surface area contributed by atoms with Gasteiger partial charge in [-0.2, -0.15) is 13.2 Å². The first kappa shape index (κ1) is 31.6. The topological polar surface area (TPSA) is 53.4 Å². The third kappa shape index (κ3) is 7.65. The highest BCUT2D eigenvalue weighted by Crippen LogP contribution is 2.40. The van der Waals surface area contributed by atoms with Crippen molar-refractivity contribution in [1.82, 2.24) is 4.90 Å². The van der Waals surface area contributed by atoms with Gasteiger partial charge in [-0.1, -0.05) is 24.0 Å². The number of ether oxygens (including phenoxy) is 2. The van der Waals surface area contributed by atoms with E-state index < -0.39 is 30.6 Å². The Morgan fingerprint density at radius 2 is 1.98 bits per heavy atom. The van der Waals surface area contributed by atoms with Crippen LogP contribution in [0, 0.1) is 24.2 Å². The number of halogens is 5. The lowest BCUT2D eigenvalue weighted by Crippen LogP contribution is -2.46. The molecule has 7 nitrogen and oxygen atoms in total. The van der Waals surface area contributed by atoms with Gasteiger partial charge in [-0.25, -0.2) is 15.4 Å². The fraction of sp³-hybridized carbons (Fsp3) is 0.452. The van der Waals surface area contributed by atoms with E-state index in [1.165, 1.54) is 12.1 Å². The van der Waals surface area contributed by atoms with E-state index in [9.17, 15) is 17.6 Å². The van der Waals surface area contributed by atoms with Crippen molar-refractivity contribution in [2.45, 2.75) is 31.2 Å². The van der Waals surface area contributed by atoms with Crippen LogP contribution in [0.5, 0.6) is 5.75 Å². The van der Waals surface area contributed by atoms with E-state index in [0.717, 1.165) is 11.3 Å². The Kier molecular flexibility index (Phi) is 9.99. The number of nitrogens with one attached hydrogen (secondary N) is 2. The zero-order valence-electron chi connectivity index (χ0n) is 24.1. The lowest BCUT2D eigenvalue weighted by molar-refractivity contribution is -0.126. The first-order chi connectivity index (χ1) is 21.1. The minimum absolute atomic E-state index is 0.0192. The molecule has 0 aliphatic carbocycles. The van der Waals surface area contributed by atoms with E-state index in [1.54, 1.807) is 18.2 Å². The highest BCUT2D eigenvalue weighted by molar-refractivity contribution is 7.20. The van der Waals surface area contributed by atoms with Crippen molar-refractivity contribution < 1.29 is 31.4 Å². The zero-order valence-corrected chi connectivity index (χ0v) is 24.9. The summed E-state index contributed by atoms with van der Waals surface area (Å²) in [4.78, 5) is 7.21. The van der Waals surface area contributed by atoms with Crippen LogP contribution in [-0.2, 0) is 11.2 Å². The number of hydrogen-bond donors (Lipinski definition) is 2. The van der Waals surface area contributed by atoms with Gasteiger partial charge in [0.25, 0.3) is 0 Å². The van der Waals surface area contributed by atoms with Gasteiger partial charge in [0.1, 0.15) is 12.0 Å². The van der Waals surface area contributed by atoms with E-state index in [2.05, 4.69) is 27.3 Å². The Bertz CT molecular complexity index is 1570. The first-order valence-corrected chi connectivity index (χ1v) is 15.0. The average molecular weight is 634 g/mol. The maximum Gasteiger partial charge on any atom is 0.393 e. The second-order valence-corrected chi connectivity index (χ2v) is 11.7. The second kappa shape index (κ2) is 13.9. The molecule has 5 rings (SSSR count). The van der Waals surface area contributed by atoms with Crippen LogP contribution in [0.25, 0.3) is 14.9 Å². The highest BCUT2D eigenvalue weighted by Gasteiger charge is 2.32. The molecule has 13 heteroatoms. The highest BCUT2D eigenvalue weighted by atomic mass is 32.1. The Morgan fingerprint density at radius 3 is 2.70 bits per heavy atom. The Hall–Kier alpha value is -3.78. The summed E-state index contributed by atoms with van der Waals surface area (Å²) >= 11 is 1.13. The monoisotopic (exact) mass is 633 g/mol. The summed E-state index contributed by atoms with van der Waals surface area (Å²) in [5.41, 5.74) is 1.25. The first-order valence-electron chi connectivity index (χ1n) is 14.2. The van der Waals surface area contributed by atoms with Crippen LogP contribution in [0.3, 0.4) is 0 Å². The Labute approximate surface area is 256 Å². The molecular weight excluding hydrogens is 601 g/mol. The molecule has 2 aliphatic heterocycles. The minimum atomic E-state index is -4.46. The van der Waals surface area contributed by atoms with Gasteiger partial charge >= 0.3 is 12.9 Å². The number of alkyl halides is 4. The van der Waals surface area contributed by atoms with Crippen LogP contribution in [0.1, 0.15) is 16.9 Å². The lowest BCUT2D eigenvalue weighted by atomic mass is 10.0. The quantitative estimate of drug-likeness (QED) is 0.176. The summed E-state index contributed by atoms with van der Waals surface area (Å²) in [6.45, 7) is 9.72. The molecule has 2 atom stereocenters. The number of likely N-dealkylation sites (tertiary alicyclic amines) is 1. The van der Waals surface area contributed by atoms with E-state index >= 15 is 4.39 Å². The van der Waals surface area contributed by atoms with Crippen LogP contribution in [0.4, 0.5) is 39.0 Å². The van der Waals surface area contributed by atoms with Gasteiger partial charge in [-0.05, 0) is 30.5 Å². The summed E-state index contributed by atoms with van der Waals surface area (Å²) in [7, 11) is 1.85. The van der Waals surface area contributed by atoms with Gasteiger partial charge < -0.3 is 29.9 Å². The Morgan fingerprint density at radius 1 is 1.18 bits per heavy atom. The SMILES string of the molecule is [C-]#[N+]COc1cc(N2CCOCC2)c(F)cc1NCC#Cc1sc2c(NC3CCN(C)CC3F)cccc2c1CC(F)(F)F. The van der Waals surface area contributed by atoms with Gasteiger partial charge in [0.05, 0.1) is 58.9 Å². The fourth-order valence-corrected chi connectivity index (χ4v) is 6.56. The minimum Gasteiger partial charge on any atom is -0.424 e. The molecule has 44 heavy (non-hydrogen) atoms. The molecule has 1 aromatic heterocycles. The van der Waals surface area contributed by atoms with Gasteiger partial charge in [-0.15, -0.1) is 11.3 Å². The number of nitrogens with zero attached hydrogens (tertiary/aromatic N) is 3. The molecule has 3 heterocycles. The molecule has 0 bridgehead atoms. The number of benzene rings is 2. The normalized spacial score (nSPS) is 19.2. The van der Waals surface area contributed by atoms with Gasteiger partial charge in [0, 0.05) is 38.3 Å². The molecular formula is C31H32F5N5O2S. The van der Waals surface area contributed by atoms with Crippen molar-refractivity contribution in [2.75, 3.05) is 75.2 Å². The van der Waals surface area contributed by atoms with Crippen LogP contribution in [-0.4, -0.2) is 83.0 Å². The lowest BCUT2D eigenvalue weighted by Gasteiger charge is -2.33. The Balaban J connectivity index is 1.39. The number of rotatable bonds is 8. The predicted molar refractivity (Wildman–Crippen MR) is 163 cm³/mol. The molecule has 0 spiro atoms. The average Bonchev–Trinajstić information content (AvgIpc) is 3.33. The molecule has 234 valence electrons. The fourth-order valence-electron chi connectivity index (χ4n) is 5.39. The molecule has 3 aromatic rings. The number of piperidine rings is 1. The smallest absolute Gasteiger partial charge is 0.393 e. The molecule has 2 aliphatic rings. The largest absolute Gasteiger partial charge is 0.424 e. The summed E-state index contributed by atoms with van der Waals surface area (Å²) < 4.78 is 82.2. The van der Waals surface area contributed by atoms with E-state index in [1.807, 2.05) is 16.8 Å². The van der Waals surface area contributed by atoms with Crippen molar-refractivity contribution in [3.8, 4) is 17.6 Å². The third-order valence-electron chi connectivity index (χ3n) is 7.54. The van der Waals surface area contributed by atoms with E-state index in [4.69, 9.17) is 16.0 Å². The van der Waals surface area contributed by atoms with Crippen LogP contribution >= 0.6 is 11.3 Å². The molecule has 2 fully saturated rings. The van der Waals surface area contributed by atoms with Crippen LogP contribution in [0.2, 0.25) is 0 Å². The maximum absolute atomic E-state index is 15.1. The predicted octanol–water partition coefficient (Wildman–Crippen LogP) is 6.16. The van der Waals surface area contributed by atoms with Crippen molar-refractivity contribution >= 4 is 38.5 Å². The van der Waals surface area contributed by atoms with Crippen LogP contribution < -0.4 is 20.3 Å². The second-order valence-electron chi connectivity index (χ2n) is 10.7. The van der Waals surface area contributed by atoms with Crippen LogP contribution in [0.15, 0.2) is 30.3 Å². The third-order valence-corrected chi connectivity index (χ3v) is 8.73. The standard InChI is InChI=1S/C31H32F5N5O2S/c1-37-19-43-28-16-27(41-11-13-42-14-12-41)22(32)15-26(28)38-9-4-7-29-21(17-31(34,35)36)20-5-3-6-25(30(20)44-29)39-24-8-10-40(2)18-23(24)33/h3,5-6,15-16,23-24,38-39H,8-14,17-19H2,2H3. The van der Waals surface area contributed by atoms with E-state index in [-0.39, 0.29) is 41.7 Å². The zero-order chi connectivity index (χ0) is 31.3. The number of anilines is 3. The molecule has 2 aromatic carbocycles. The summed E-state index contributed by atoms with van der Waals surface area (Å²) in [6, 6.07) is 7.38. The molecule has 0 saturated carbocycles. The number of thiophene rings is 1. The number of hydrogen-bond acceptors (Lipinski definition) is 7. The number of morpholine rings is 1. The van der Waals surface area contributed by atoms with Crippen molar-refractivity contribution in [3.05, 3.63) is 58.0 Å². The summed E-state index contributed by atoms with van der Waals surface area (Å²) in [5, 5.41) is 6.63. The van der Waals surface area contributed by atoms with Crippen molar-refractivity contribution in [1.29, 1.82) is 0 Å². The van der Waals surface area contributed by atoms with Gasteiger partial charge in [-0.3, -0.25) is 4.85 Å².